The highest BCUT2D eigenvalue weighted by Crippen LogP contribution is 2.11. The molecule has 0 radical (unpaired) electrons. The molecule has 0 aromatic rings. The molecule has 98 valence electrons. The molecule has 0 saturated carbocycles. The zero-order valence-electron chi connectivity index (χ0n) is 10.3. The standard InChI is InChI=1S/C11H21N3O3/c1-17-8-10(15)13-9-3-6-14(7-4-9)11(16)2-5-12/h9H,2-8,12H2,1H3,(H,13,15). The average Bonchev–Trinajstić information content (AvgIpc) is 2.30. The molecular formula is C11H21N3O3. The molecule has 1 aliphatic rings. The number of rotatable bonds is 5. The van der Waals surface area contributed by atoms with E-state index < -0.39 is 0 Å². The monoisotopic (exact) mass is 243 g/mol. The van der Waals surface area contributed by atoms with Crippen LogP contribution in [0.1, 0.15) is 19.3 Å². The van der Waals surface area contributed by atoms with Crippen molar-refractivity contribution in [3.63, 3.8) is 0 Å². The Morgan fingerprint density at radius 3 is 2.59 bits per heavy atom. The smallest absolute Gasteiger partial charge is 0.246 e. The number of nitrogens with one attached hydrogen (secondary N) is 1. The van der Waals surface area contributed by atoms with Gasteiger partial charge in [-0.25, -0.2) is 0 Å². The quantitative estimate of drug-likeness (QED) is 0.654. The number of carbonyl (C=O) groups excluding carboxylic acids is 2. The van der Waals surface area contributed by atoms with Gasteiger partial charge in [0.1, 0.15) is 6.61 Å². The third kappa shape index (κ3) is 4.70. The van der Waals surface area contributed by atoms with Gasteiger partial charge in [0.25, 0.3) is 0 Å². The summed E-state index contributed by atoms with van der Waals surface area (Å²) < 4.78 is 4.75. The molecule has 0 aliphatic carbocycles. The summed E-state index contributed by atoms with van der Waals surface area (Å²) in [6.07, 6.45) is 2.00. The van der Waals surface area contributed by atoms with Crippen molar-refractivity contribution in [1.82, 2.24) is 10.2 Å². The molecule has 3 N–H and O–H groups in total. The third-order valence-electron chi connectivity index (χ3n) is 2.85. The Balaban J connectivity index is 2.26. The van der Waals surface area contributed by atoms with Gasteiger partial charge in [-0.1, -0.05) is 0 Å². The molecule has 0 aromatic heterocycles. The minimum absolute atomic E-state index is 0.0896. The first-order valence-corrected chi connectivity index (χ1v) is 5.93. The van der Waals surface area contributed by atoms with Crippen molar-refractivity contribution in [3.05, 3.63) is 0 Å². The fourth-order valence-electron chi connectivity index (χ4n) is 1.96. The largest absolute Gasteiger partial charge is 0.375 e. The predicted molar refractivity (Wildman–Crippen MR) is 63.3 cm³/mol. The fourth-order valence-corrected chi connectivity index (χ4v) is 1.96. The lowest BCUT2D eigenvalue weighted by Crippen LogP contribution is -2.47. The molecule has 1 aliphatic heterocycles. The van der Waals surface area contributed by atoms with E-state index >= 15 is 0 Å². The fraction of sp³-hybridized carbons (Fsp3) is 0.818. The van der Waals surface area contributed by atoms with Gasteiger partial charge in [0.2, 0.25) is 11.8 Å². The summed E-state index contributed by atoms with van der Waals surface area (Å²) in [6, 6.07) is 0.152. The van der Waals surface area contributed by atoms with E-state index in [0.717, 1.165) is 12.8 Å². The lowest BCUT2D eigenvalue weighted by atomic mass is 10.0. The number of carbonyl (C=O) groups is 2. The zero-order valence-corrected chi connectivity index (χ0v) is 10.3. The van der Waals surface area contributed by atoms with Crippen LogP contribution in [0.25, 0.3) is 0 Å². The summed E-state index contributed by atoms with van der Waals surface area (Å²) in [5.74, 6) is 0.00778. The van der Waals surface area contributed by atoms with E-state index in [1.165, 1.54) is 7.11 Å². The van der Waals surface area contributed by atoms with Crippen LogP contribution in [0.5, 0.6) is 0 Å². The van der Waals surface area contributed by atoms with E-state index in [0.29, 0.717) is 26.1 Å². The molecule has 1 heterocycles. The molecule has 0 bridgehead atoms. The Hall–Kier alpha value is -1.14. The summed E-state index contributed by atoms with van der Waals surface area (Å²) in [7, 11) is 1.49. The molecule has 0 atom stereocenters. The summed E-state index contributed by atoms with van der Waals surface area (Å²) in [5.41, 5.74) is 5.34. The predicted octanol–water partition coefficient (Wildman–Crippen LogP) is -0.911. The van der Waals surface area contributed by atoms with Crippen LogP contribution in [0.3, 0.4) is 0 Å². The van der Waals surface area contributed by atoms with Crippen LogP contribution in [0, 0.1) is 0 Å². The lowest BCUT2D eigenvalue weighted by Gasteiger charge is -2.32. The Labute approximate surface area is 101 Å². The summed E-state index contributed by atoms with van der Waals surface area (Å²) in [6.45, 7) is 1.86. The van der Waals surface area contributed by atoms with Crippen molar-refractivity contribution in [2.45, 2.75) is 25.3 Å². The molecule has 0 aromatic carbocycles. The number of likely N-dealkylation sites (tertiary alicyclic amines) is 1. The van der Waals surface area contributed by atoms with Crippen LogP contribution < -0.4 is 11.1 Å². The van der Waals surface area contributed by atoms with Crippen molar-refractivity contribution in [3.8, 4) is 0 Å². The number of methoxy groups -OCH3 is 1. The van der Waals surface area contributed by atoms with Gasteiger partial charge in [-0.15, -0.1) is 0 Å². The summed E-state index contributed by atoms with van der Waals surface area (Å²) >= 11 is 0. The Bertz CT molecular complexity index is 263. The van der Waals surface area contributed by atoms with Gasteiger partial charge in [0, 0.05) is 39.2 Å². The van der Waals surface area contributed by atoms with Crippen molar-refractivity contribution in [2.24, 2.45) is 5.73 Å². The lowest BCUT2D eigenvalue weighted by molar-refractivity contribution is -0.132. The number of nitrogens with two attached hydrogens (primary N) is 1. The van der Waals surface area contributed by atoms with Crippen molar-refractivity contribution in [2.75, 3.05) is 33.4 Å². The maximum Gasteiger partial charge on any atom is 0.246 e. The van der Waals surface area contributed by atoms with Crippen LogP contribution in [-0.4, -0.2) is 56.1 Å². The van der Waals surface area contributed by atoms with Crippen molar-refractivity contribution in [1.29, 1.82) is 0 Å². The first-order valence-electron chi connectivity index (χ1n) is 5.93. The normalized spacial score (nSPS) is 16.9. The van der Waals surface area contributed by atoms with Crippen LogP contribution in [0.4, 0.5) is 0 Å². The van der Waals surface area contributed by atoms with E-state index in [1.807, 2.05) is 4.90 Å². The second-order valence-corrected chi connectivity index (χ2v) is 4.19. The average molecular weight is 243 g/mol. The number of nitrogens with zero attached hydrogens (tertiary/aromatic N) is 1. The SMILES string of the molecule is COCC(=O)NC1CCN(C(=O)CCN)CC1. The van der Waals surface area contributed by atoms with Crippen LogP contribution in [0.15, 0.2) is 0 Å². The summed E-state index contributed by atoms with van der Waals surface area (Å²) in [4.78, 5) is 24.7. The Morgan fingerprint density at radius 1 is 1.41 bits per heavy atom. The molecule has 0 spiro atoms. The second-order valence-electron chi connectivity index (χ2n) is 4.19. The van der Waals surface area contributed by atoms with E-state index in [4.69, 9.17) is 10.5 Å². The number of hydrogen-bond acceptors (Lipinski definition) is 4. The topological polar surface area (TPSA) is 84.7 Å². The van der Waals surface area contributed by atoms with Crippen molar-refractivity contribution < 1.29 is 14.3 Å². The molecule has 6 heteroatoms. The first kappa shape index (κ1) is 13.9. The van der Waals surface area contributed by atoms with Gasteiger partial charge in [0.05, 0.1) is 0 Å². The van der Waals surface area contributed by atoms with Gasteiger partial charge in [-0.2, -0.15) is 0 Å². The number of amides is 2. The minimum Gasteiger partial charge on any atom is -0.375 e. The van der Waals surface area contributed by atoms with E-state index in [1.54, 1.807) is 0 Å². The molecule has 1 rings (SSSR count). The molecular weight excluding hydrogens is 222 g/mol. The van der Waals surface area contributed by atoms with Gasteiger partial charge in [0.15, 0.2) is 0 Å². The highest BCUT2D eigenvalue weighted by molar-refractivity contribution is 5.78. The first-order chi connectivity index (χ1) is 8.17. The van der Waals surface area contributed by atoms with Gasteiger partial charge in [-0.3, -0.25) is 9.59 Å². The Kier molecular flexibility index (Phi) is 5.93. The maximum atomic E-state index is 11.6. The van der Waals surface area contributed by atoms with E-state index in [2.05, 4.69) is 5.32 Å². The van der Waals surface area contributed by atoms with Gasteiger partial charge < -0.3 is 20.7 Å². The zero-order chi connectivity index (χ0) is 12.7. The molecule has 2 amide bonds. The molecule has 0 unspecified atom stereocenters. The van der Waals surface area contributed by atoms with Crippen LogP contribution >= 0.6 is 0 Å². The number of ether oxygens (including phenoxy) is 1. The second kappa shape index (κ2) is 7.24. The summed E-state index contributed by atoms with van der Waals surface area (Å²) in [5, 5.41) is 2.88. The Morgan fingerprint density at radius 2 is 2.06 bits per heavy atom. The molecule has 17 heavy (non-hydrogen) atoms. The van der Waals surface area contributed by atoms with Gasteiger partial charge in [-0.05, 0) is 12.8 Å². The van der Waals surface area contributed by atoms with Crippen molar-refractivity contribution >= 4 is 11.8 Å². The highest BCUT2D eigenvalue weighted by atomic mass is 16.5. The van der Waals surface area contributed by atoms with Crippen LogP contribution in [0.2, 0.25) is 0 Å². The number of piperidine rings is 1. The molecule has 1 saturated heterocycles. The molecule has 1 fully saturated rings. The van der Waals surface area contributed by atoms with E-state index in [-0.39, 0.29) is 24.5 Å². The highest BCUT2D eigenvalue weighted by Gasteiger charge is 2.23. The number of hydrogen-bond donors (Lipinski definition) is 2. The van der Waals surface area contributed by atoms with Crippen LogP contribution in [-0.2, 0) is 14.3 Å². The van der Waals surface area contributed by atoms with E-state index in [9.17, 15) is 9.59 Å². The molecule has 6 nitrogen and oxygen atoms in total. The third-order valence-corrected chi connectivity index (χ3v) is 2.85. The minimum atomic E-state index is -0.0979. The van der Waals surface area contributed by atoms with Gasteiger partial charge >= 0.3 is 0 Å². The maximum absolute atomic E-state index is 11.6.